The third-order valence-corrected chi connectivity index (χ3v) is 4.33. The van der Waals surface area contributed by atoms with Crippen LogP contribution >= 0.6 is 11.3 Å². The Bertz CT molecular complexity index is 761. The molecule has 1 aromatic carbocycles. The Kier molecular flexibility index (Phi) is 3.66. The lowest BCUT2D eigenvalue weighted by molar-refractivity contribution is 0.0749. The number of nitrogens with one attached hydrogen (secondary N) is 1. The number of benzene rings is 1. The molecule has 0 fully saturated rings. The minimum Gasteiger partial charge on any atom is -0.399 e. The standard InChI is InChI=1S/C16H17N3OS/c1-2-19(10-13-4-3-7-21-13)16(20)15-9-11-8-12(17)5-6-14(11)18-15/h3-9,18H,2,10,17H2,1H3. The number of nitrogens with two attached hydrogens (primary N) is 1. The zero-order chi connectivity index (χ0) is 14.8. The Balaban J connectivity index is 1.87. The molecule has 3 rings (SSSR count). The van der Waals surface area contributed by atoms with E-state index < -0.39 is 0 Å². The Morgan fingerprint density at radius 1 is 1.33 bits per heavy atom. The van der Waals surface area contributed by atoms with Crippen LogP contribution in [0.4, 0.5) is 5.69 Å². The molecular weight excluding hydrogens is 282 g/mol. The van der Waals surface area contributed by atoms with Gasteiger partial charge in [0.15, 0.2) is 0 Å². The van der Waals surface area contributed by atoms with Gasteiger partial charge in [0.1, 0.15) is 5.69 Å². The first-order valence-corrected chi connectivity index (χ1v) is 7.75. The van der Waals surface area contributed by atoms with Crippen molar-refractivity contribution in [1.82, 2.24) is 9.88 Å². The molecule has 0 bridgehead atoms. The molecule has 0 aliphatic heterocycles. The van der Waals surface area contributed by atoms with Crippen molar-refractivity contribution in [3.8, 4) is 0 Å². The lowest BCUT2D eigenvalue weighted by Crippen LogP contribution is -2.30. The number of fused-ring (bicyclic) bond motifs is 1. The van der Waals surface area contributed by atoms with Gasteiger partial charge in [-0.05, 0) is 42.6 Å². The SMILES string of the molecule is CCN(Cc1cccs1)C(=O)c1cc2cc(N)ccc2[nH]1. The van der Waals surface area contributed by atoms with Gasteiger partial charge < -0.3 is 15.6 Å². The number of carbonyl (C=O) groups excluding carboxylic acids is 1. The van der Waals surface area contributed by atoms with Gasteiger partial charge in [-0.1, -0.05) is 6.07 Å². The average Bonchev–Trinajstić information content (AvgIpc) is 3.12. The highest BCUT2D eigenvalue weighted by Crippen LogP contribution is 2.20. The molecule has 0 radical (unpaired) electrons. The van der Waals surface area contributed by atoms with Crippen molar-refractivity contribution < 1.29 is 4.79 Å². The molecule has 0 saturated heterocycles. The molecule has 4 nitrogen and oxygen atoms in total. The molecule has 5 heteroatoms. The van der Waals surface area contributed by atoms with Crippen molar-refractivity contribution in [3.63, 3.8) is 0 Å². The van der Waals surface area contributed by atoms with Crippen LogP contribution in [0.2, 0.25) is 0 Å². The number of rotatable bonds is 4. The summed E-state index contributed by atoms with van der Waals surface area (Å²) < 4.78 is 0. The normalized spacial score (nSPS) is 10.9. The van der Waals surface area contributed by atoms with E-state index in [0.29, 0.717) is 24.5 Å². The molecule has 3 N–H and O–H groups in total. The zero-order valence-corrected chi connectivity index (χ0v) is 12.6. The van der Waals surface area contributed by atoms with Crippen molar-refractivity contribution in [3.05, 3.63) is 52.3 Å². The Morgan fingerprint density at radius 3 is 2.90 bits per heavy atom. The minimum atomic E-state index is 0.0145. The van der Waals surface area contributed by atoms with Crippen molar-refractivity contribution >= 4 is 33.8 Å². The molecule has 1 amide bonds. The van der Waals surface area contributed by atoms with E-state index in [9.17, 15) is 4.79 Å². The molecule has 0 saturated carbocycles. The lowest BCUT2D eigenvalue weighted by Gasteiger charge is -2.19. The van der Waals surface area contributed by atoms with Gasteiger partial charge in [0.2, 0.25) is 0 Å². The van der Waals surface area contributed by atoms with Crippen LogP contribution in [0.5, 0.6) is 0 Å². The third-order valence-electron chi connectivity index (χ3n) is 3.47. The van der Waals surface area contributed by atoms with Crippen LogP contribution < -0.4 is 5.73 Å². The summed E-state index contributed by atoms with van der Waals surface area (Å²) >= 11 is 1.67. The molecule has 2 aromatic heterocycles. The molecule has 0 aliphatic carbocycles. The van der Waals surface area contributed by atoms with Gasteiger partial charge >= 0.3 is 0 Å². The molecule has 0 atom stereocenters. The molecule has 2 heterocycles. The van der Waals surface area contributed by atoms with Crippen molar-refractivity contribution in [1.29, 1.82) is 0 Å². The second-order valence-electron chi connectivity index (χ2n) is 4.93. The summed E-state index contributed by atoms with van der Waals surface area (Å²) in [7, 11) is 0. The number of amides is 1. The fourth-order valence-electron chi connectivity index (χ4n) is 2.35. The number of nitrogen functional groups attached to an aromatic ring is 1. The molecular formula is C16H17N3OS. The molecule has 0 unspecified atom stereocenters. The zero-order valence-electron chi connectivity index (χ0n) is 11.8. The lowest BCUT2D eigenvalue weighted by atomic mass is 10.2. The fourth-order valence-corrected chi connectivity index (χ4v) is 3.07. The highest BCUT2D eigenvalue weighted by atomic mass is 32.1. The highest BCUT2D eigenvalue weighted by Gasteiger charge is 2.17. The topological polar surface area (TPSA) is 62.1 Å². The van der Waals surface area contributed by atoms with Crippen molar-refractivity contribution in [2.24, 2.45) is 0 Å². The van der Waals surface area contributed by atoms with E-state index in [0.717, 1.165) is 10.9 Å². The Morgan fingerprint density at radius 2 is 2.19 bits per heavy atom. The predicted molar refractivity (Wildman–Crippen MR) is 87.4 cm³/mol. The summed E-state index contributed by atoms with van der Waals surface area (Å²) in [6, 6.07) is 11.5. The molecule has 108 valence electrons. The van der Waals surface area contributed by atoms with Gasteiger partial charge in [-0.3, -0.25) is 4.79 Å². The second-order valence-corrected chi connectivity index (χ2v) is 5.96. The van der Waals surface area contributed by atoms with Crippen LogP contribution in [-0.4, -0.2) is 22.3 Å². The van der Waals surface area contributed by atoms with Crippen molar-refractivity contribution in [2.75, 3.05) is 12.3 Å². The monoisotopic (exact) mass is 299 g/mol. The smallest absolute Gasteiger partial charge is 0.270 e. The van der Waals surface area contributed by atoms with Crippen LogP contribution in [0.3, 0.4) is 0 Å². The number of aromatic nitrogens is 1. The number of anilines is 1. The van der Waals surface area contributed by atoms with E-state index in [1.165, 1.54) is 4.88 Å². The van der Waals surface area contributed by atoms with E-state index >= 15 is 0 Å². The largest absolute Gasteiger partial charge is 0.399 e. The van der Waals surface area contributed by atoms with Gasteiger partial charge in [0.05, 0.1) is 6.54 Å². The molecule has 3 aromatic rings. The highest BCUT2D eigenvalue weighted by molar-refractivity contribution is 7.09. The molecule has 21 heavy (non-hydrogen) atoms. The third kappa shape index (κ3) is 2.78. The summed E-state index contributed by atoms with van der Waals surface area (Å²) in [6.45, 7) is 3.31. The summed E-state index contributed by atoms with van der Waals surface area (Å²) in [5.41, 5.74) is 8.01. The Labute approximate surface area is 127 Å². The van der Waals surface area contributed by atoms with E-state index in [2.05, 4.69) is 4.98 Å². The molecule has 0 spiro atoms. The van der Waals surface area contributed by atoms with Gasteiger partial charge in [0, 0.05) is 28.0 Å². The Hall–Kier alpha value is -2.27. The van der Waals surface area contributed by atoms with Gasteiger partial charge in [-0.25, -0.2) is 0 Å². The summed E-state index contributed by atoms with van der Waals surface area (Å²) in [4.78, 5) is 18.8. The maximum atomic E-state index is 12.6. The van der Waals surface area contributed by atoms with E-state index in [1.807, 2.05) is 53.6 Å². The van der Waals surface area contributed by atoms with Crippen LogP contribution in [-0.2, 0) is 6.54 Å². The fraction of sp³-hybridized carbons (Fsp3) is 0.188. The van der Waals surface area contributed by atoms with Crippen LogP contribution in [0.15, 0.2) is 41.8 Å². The summed E-state index contributed by atoms with van der Waals surface area (Å²) in [5.74, 6) is 0.0145. The first-order chi connectivity index (χ1) is 10.2. The van der Waals surface area contributed by atoms with Crippen LogP contribution in [0.25, 0.3) is 10.9 Å². The number of carbonyl (C=O) groups is 1. The summed E-state index contributed by atoms with van der Waals surface area (Å²) in [6.07, 6.45) is 0. The number of H-pyrrole nitrogens is 1. The number of hydrogen-bond acceptors (Lipinski definition) is 3. The summed E-state index contributed by atoms with van der Waals surface area (Å²) in [5, 5.41) is 2.99. The number of thiophene rings is 1. The minimum absolute atomic E-state index is 0.0145. The van der Waals surface area contributed by atoms with Gasteiger partial charge in [0.25, 0.3) is 5.91 Å². The molecule has 0 aliphatic rings. The van der Waals surface area contributed by atoms with Gasteiger partial charge in [-0.15, -0.1) is 11.3 Å². The first-order valence-electron chi connectivity index (χ1n) is 6.87. The first kappa shape index (κ1) is 13.7. The van der Waals surface area contributed by atoms with E-state index in [1.54, 1.807) is 11.3 Å². The number of aromatic amines is 1. The quantitative estimate of drug-likeness (QED) is 0.725. The van der Waals surface area contributed by atoms with E-state index in [-0.39, 0.29) is 5.91 Å². The average molecular weight is 299 g/mol. The maximum Gasteiger partial charge on any atom is 0.270 e. The van der Waals surface area contributed by atoms with Crippen LogP contribution in [0.1, 0.15) is 22.3 Å². The maximum absolute atomic E-state index is 12.6. The van der Waals surface area contributed by atoms with Crippen LogP contribution in [0, 0.1) is 0 Å². The van der Waals surface area contributed by atoms with E-state index in [4.69, 9.17) is 5.73 Å². The second kappa shape index (κ2) is 5.61. The predicted octanol–water partition coefficient (Wildman–Crippen LogP) is 3.47. The van der Waals surface area contributed by atoms with Crippen molar-refractivity contribution in [2.45, 2.75) is 13.5 Å². The number of nitrogens with zero attached hydrogens (tertiary/aromatic N) is 1. The van der Waals surface area contributed by atoms with Gasteiger partial charge in [-0.2, -0.15) is 0 Å². The number of hydrogen-bond donors (Lipinski definition) is 2.